The van der Waals surface area contributed by atoms with Crippen LogP contribution in [0.25, 0.3) is 33.4 Å². The first-order valence-electron chi connectivity index (χ1n) is 46.1. The number of allylic oxidation sites excluding steroid dienone is 6. The molecule has 12 atom stereocenters. The van der Waals surface area contributed by atoms with Gasteiger partial charge in [0.25, 0.3) is 0 Å². The number of nitrogens with zero attached hydrogens (tertiary/aromatic N) is 6. The highest BCUT2D eigenvalue weighted by Crippen LogP contribution is 2.66. The Hall–Kier alpha value is -11.0. The third kappa shape index (κ3) is 12.1. The number of likely N-dealkylation sites (N-methyl/N-ethyl adjacent to an activating group) is 6. The molecule has 18 aliphatic rings. The maximum atomic E-state index is 10.6. The Kier molecular flexibility index (Phi) is 19.5. The summed E-state index contributed by atoms with van der Waals surface area (Å²) in [6.07, 6.45) is 25.6. The molecule has 17 nitrogen and oxygen atoms in total. The number of piperidine rings is 3. The third-order valence-corrected chi connectivity index (χ3v) is 32.9. The van der Waals surface area contributed by atoms with E-state index < -0.39 is 0 Å². The van der Waals surface area contributed by atoms with Crippen LogP contribution in [-0.2, 0) is 88.2 Å². The fraction of sp³-hybridized carbons (Fsp3) is 0.400. The molecular formula is C110H118N6O11. The monoisotopic (exact) mass is 1700 g/mol. The van der Waals surface area contributed by atoms with E-state index in [1.807, 2.05) is 31.2 Å². The minimum Gasteiger partial charge on any atom is -0.507 e. The molecule has 0 radical (unpaired) electrons. The molecule has 9 aromatic carbocycles. The molecule has 9 aliphatic heterocycles. The zero-order valence-corrected chi connectivity index (χ0v) is 75.8. The minimum absolute atomic E-state index is 0.00616. The van der Waals surface area contributed by atoms with Crippen molar-refractivity contribution < 1.29 is 54.0 Å². The fourth-order valence-electron chi connectivity index (χ4n) is 26.8. The third-order valence-electron chi connectivity index (χ3n) is 32.9. The predicted molar refractivity (Wildman–Crippen MR) is 497 cm³/mol. The Morgan fingerprint density at radius 1 is 0.323 bits per heavy atom. The highest BCUT2D eigenvalue weighted by Gasteiger charge is 2.65. The normalized spacial score (nSPS) is 27.7. The topological polar surface area (TPSA) is 176 Å². The number of hydrogen-bond acceptors (Lipinski definition) is 17. The second kappa shape index (κ2) is 30.3. The zero-order valence-electron chi connectivity index (χ0n) is 75.8. The molecule has 127 heavy (non-hydrogen) atoms. The van der Waals surface area contributed by atoms with E-state index in [4.69, 9.17) is 28.4 Å². The van der Waals surface area contributed by atoms with Crippen LogP contribution < -0.4 is 14.2 Å². The summed E-state index contributed by atoms with van der Waals surface area (Å²) in [7, 11) is 18.5. The molecular weight excluding hydrogens is 1580 g/mol. The highest BCUT2D eigenvalue weighted by molar-refractivity contribution is 5.85. The van der Waals surface area contributed by atoms with Gasteiger partial charge in [0, 0.05) is 89.3 Å². The van der Waals surface area contributed by atoms with Gasteiger partial charge in [0.15, 0.2) is 41.3 Å². The average Bonchev–Trinajstić information content (AvgIpc) is 1.53. The number of aryl methyl sites for hydroxylation is 5. The van der Waals surface area contributed by atoms with E-state index in [9.17, 15) is 25.5 Å². The number of phenolic OH excluding ortho intramolecular Hbond substituents is 5. The zero-order chi connectivity index (χ0) is 87.6. The van der Waals surface area contributed by atoms with Gasteiger partial charge in [-0.05, 0) is 327 Å². The molecule has 9 heterocycles. The lowest BCUT2D eigenvalue weighted by atomic mass is 9.57. The van der Waals surface area contributed by atoms with Crippen LogP contribution in [-0.4, -0.2) is 194 Å². The number of benzene rings is 9. The summed E-state index contributed by atoms with van der Waals surface area (Å²) in [5.41, 5.74) is 37.4. The maximum Gasteiger partial charge on any atom is 0.169 e. The Morgan fingerprint density at radius 2 is 0.685 bits per heavy atom. The first-order chi connectivity index (χ1) is 61.3. The van der Waals surface area contributed by atoms with E-state index in [2.05, 4.69) is 215 Å². The van der Waals surface area contributed by atoms with Crippen molar-refractivity contribution >= 4 is 0 Å². The quantitative estimate of drug-likeness (QED) is 0.106. The molecule has 654 valence electrons. The lowest BCUT2D eigenvalue weighted by molar-refractivity contribution is 0.0735. The highest BCUT2D eigenvalue weighted by atomic mass is 16.6. The number of methoxy groups -OCH3 is 3. The summed E-state index contributed by atoms with van der Waals surface area (Å²) in [6, 6.07) is 44.8. The Morgan fingerprint density at radius 3 is 1.17 bits per heavy atom. The van der Waals surface area contributed by atoms with Crippen molar-refractivity contribution in [2.24, 2.45) is 0 Å². The van der Waals surface area contributed by atoms with Crippen molar-refractivity contribution in [2.75, 3.05) is 103 Å². The largest absolute Gasteiger partial charge is 0.507 e. The van der Waals surface area contributed by atoms with Gasteiger partial charge in [0.05, 0.1) is 37.6 Å². The predicted octanol–water partition coefficient (Wildman–Crippen LogP) is 17.6. The van der Waals surface area contributed by atoms with E-state index in [0.29, 0.717) is 53.5 Å². The molecule has 9 aliphatic carbocycles. The lowest BCUT2D eigenvalue weighted by Crippen LogP contribution is -2.58. The number of likely N-dealkylation sites (tertiary alicyclic amines) is 3. The fourth-order valence-corrected chi connectivity index (χ4v) is 26.8. The van der Waals surface area contributed by atoms with Crippen molar-refractivity contribution in [1.29, 1.82) is 0 Å². The summed E-state index contributed by atoms with van der Waals surface area (Å²) in [6.45, 7) is 17.1. The van der Waals surface area contributed by atoms with Crippen molar-refractivity contribution in [2.45, 2.75) is 182 Å². The van der Waals surface area contributed by atoms with Crippen LogP contribution in [0.5, 0.6) is 46.0 Å². The van der Waals surface area contributed by atoms with Gasteiger partial charge in [0.1, 0.15) is 40.3 Å². The van der Waals surface area contributed by atoms with Crippen LogP contribution in [0.3, 0.4) is 0 Å². The van der Waals surface area contributed by atoms with Gasteiger partial charge in [-0.25, -0.2) is 0 Å². The van der Waals surface area contributed by atoms with Gasteiger partial charge < -0.3 is 54.0 Å². The lowest BCUT2D eigenvalue weighted by Gasteiger charge is -2.52. The molecule has 9 aromatic rings. The van der Waals surface area contributed by atoms with E-state index in [-0.39, 0.29) is 51.8 Å². The van der Waals surface area contributed by atoms with Crippen LogP contribution in [0.4, 0.5) is 0 Å². The second-order valence-electron chi connectivity index (χ2n) is 39.5. The van der Waals surface area contributed by atoms with Gasteiger partial charge in [-0.15, -0.1) is 0 Å². The summed E-state index contributed by atoms with van der Waals surface area (Å²) in [5.74, 6) is 6.75. The first-order valence-corrected chi connectivity index (χ1v) is 46.1. The molecule has 5 N–H and O–H groups in total. The van der Waals surface area contributed by atoms with Crippen LogP contribution in [0.1, 0.15) is 149 Å². The van der Waals surface area contributed by atoms with Crippen molar-refractivity contribution in [1.82, 2.24) is 29.4 Å². The van der Waals surface area contributed by atoms with Crippen molar-refractivity contribution in [3.8, 4) is 79.4 Å². The number of aromatic hydroxyl groups is 5. The smallest absolute Gasteiger partial charge is 0.169 e. The van der Waals surface area contributed by atoms with Gasteiger partial charge in [-0.1, -0.05) is 132 Å². The van der Waals surface area contributed by atoms with Crippen LogP contribution in [0.2, 0.25) is 0 Å². The average molecular weight is 1700 g/mol. The Bertz CT molecular complexity index is 6110. The SMILES string of the molecule is COC1=CC=C2C3Cc4ccc(C)c5c4[C@@]2(CCN3C)[C@H]1O5.COC1=CC=C2C3Cc4ccc(O)c5c4[C@@]2(CCN3C)[C@H]1O5.COC1=CC=C2C3Cc4cccc5c4[C@@]2(CCN3C)[C@H]1O5.Cc1cc2c3c(c1)-c1c(O)cccc1C[C@H]3N(C)CC2.Cc1cc2c3c(c1)-c1c(ccc(C)c1O)C[C@H]3N(C)CC2.Cc1cc2c3c(c1)-c1c(ccc(O)c1O)C[C@H]3N(C)CC2. The molecule has 3 fully saturated rings. The van der Waals surface area contributed by atoms with Gasteiger partial charge in [-0.3, -0.25) is 29.4 Å². The molecule has 3 spiro atoms. The first kappa shape index (κ1) is 81.7. The van der Waals surface area contributed by atoms with Gasteiger partial charge in [-0.2, -0.15) is 0 Å². The molecule has 3 saturated heterocycles. The number of hydrogen-bond donors (Lipinski definition) is 5. The Balaban J connectivity index is 0.0000000900. The summed E-state index contributed by atoms with van der Waals surface area (Å²) >= 11 is 0. The minimum atomic E-state index is -0.154. The summed E-state index contributed by atoms with van der Waals surface area (Å²) in [5, 5.41) is 51.4. The van der Waals surface area contributed by atoms with E-state index >= 15 is 0 Å². The van der Waals surface area contributed by atoms with Gasteiger partial charge in [0.2, 0.25) is 0 Å². The van der Waals surface area contributed by atoms with E-state index in [0.717, 1.165) is 178 Å². The van der Waals surface area contributed by atoms with E-state index in [1.165, 1.54) is 128 Å². The van der Waals surface area contributed by atoms with Crippen molar-refractivity contribution in [3.63, 3.8) is 0 Å². The molecule has 0 aromatic heterocycles. The standard InChI is InChI=1S/C19H21NO2.C19H21NO.C18H19NO3.2C18H19NO2.C18H19NO/c1-11-4-5-12-10-14-13-6-7-15(21-3)18-19(13,8-9-20(14)2)16(12)17(11)22-18;1-11-8-14-6-7-20(3)16-10-13-5-4-12(2)19(21)18(13)15(9-11)17(14)16;1-19-8-7-18-11-4-6-14(21-2)17(18)22-16-13(20)5-3-10(15(16)18)9-12(11)19;1-19-9-8-18-12-6-7-15(20-2)17(18)21-14-5-3-4-11(16(14)18)10-13(12)19;1-10-7-12-5-6-19(2)14-9-11-3-4-15(20)18(21)17(11)13(8-10)16(12)14;1-11-8-13-6-7-19(2)15-10-12-4-3-5-16(20)18(12)14(9-11)17(13)15/h4-7,14,18H,8-10H2,1-3H3;4-5,8-9,16,21H,6-7,10H2,1-3H3;3-6,12,17,20H,7-9H2,1-2H3;3-7,13,17H,8-10H2,1-2H3;3-4,7-8,14,20-21H,5-6,9H2,1-2H3;3-5,8-9,15,20H,6-7,10H2,1-2H3/t14?,18-,19-;16-;12?,17-,18-;13?,17-,18-;14-;15-/m010011/s1. The molecule has 6 bridgehead atoms. The molecule has 0 amide bonds. The maximum absolute atomic E-state index is 10.6. The Labute approximate surface area is 746 Å². The number of rotatable bonds is 3. The molecule has 27 rings (SSSR count). The van der Waals surface area contributed by atoms with Crippen LogP contribution in [0.15, 0.2) is 192 Å². The molecule has 17 heteroatoms. The summed E-state index contributed by atoms with van der Waals surface area (Å²) in [4.78, 5) is 14.7. The van der Waals surface area contributed by atoms with Crippen LogP contribution >= 0.6 is 0 Å². The van der Waals surface area contributed by atoms with Crippen LogP contribution in [0, 0.1) is 34.6 Å². The molecule has 3 unspecified atom stereocenters. The second-order valence-corrected chi connectivity index (χ2v) is 39.5. The van der Waals surface area contributed by atoms with Crippen molar-refractivity contribution in [3.05, 3.63) is 303 Å². The number of phenols is 5. The van der Waals surface area contributed by atoms with E-state index in [1.54, 1.807) is 39.5 Å². The summed E-state index contributed by atoms with van der Waals surface area (Å²) < 4.78 is 36.0. The molecule has 0 saturated carbocycles. The number of ether oxygens (including phenoxy) is 6. The van der Waals surface area contributed by atoms with Gasteiger partial charge >= 0.3 is 0 Å². The number of fused-ring (bicyclic) bond motifs is 6.